The molecule has 0 radical (unpaired) electrons. The number of H-pyrrole nitrogens is 1. The van der Waals surface area contributed by atoms with Crippen molar-refractivity contribution in [1.82, 2.24) is 9.97 Å². The van der Waals surface area contributed by atoms with Gasteiger partial charge in [-0.2, -0.15) is 0 Å². The average Bonchev–Trinajstić information content (AvgIpc) is 2.47. The van der Waals surface area contributed by atoms with Crippen LogP contribution in [0.1, 0.15) is 10.4 Å². The number of aromatic amines is 1. The van der Waals surface area contributed by atoms with Crippen LogP contribution < -0.4 is 4.87 Å². The van der Waals surface area contributed by atoms with E-state index in [0.29, 0.717) is 11.3 Å². The van der Waals surface area contributed by atoms with Crippen molar-refractivity contribution in [2.24, 2.45) is 0 Å². The van der Waals surface area contributed by atoms with Crippen LogP contribution in [0.2, 0.25) is 0 Å². The van der Waals surface area contributed by atoms with Crippen LogP contribution in [0.25, 0.3) is 0 Å². The molecule has 0 fully saturated rings. The van der Waals surface area contributed by atoms with E-state index in [0.717, 1.165) is 16.9 Å². The third kappa shape index (κ3) is 1.82. The third-order valence-corrected chi connectivity index (χ3v) is 2.66. The predicted molar refractivity (Wildman–Crippen MR) is 53.6 cm³/mol. The molecule has 2 heterocycles. The Morgan fingerprint density at radius 3 is 3.00 bits per heavy atom. The van der Waals surface area contributed by atoms with Crippen molar-refractivity contribution in [2.45, 2.75) is 6.42 Å². The smallest absolute Gasteiger partial charge is 0.307 e. The van der Waals surface area contributed by atoms with E-state index in [-0.39, 0.29) is 10.8 Å². The van der Waals surface area contributed by atoms with Crippen LogP contribution in [0.5, 0.6) is 5.88 Å². The summed E-state index contributed by atoms with van der Waals surface area (Å²) in [4.78, 5) is 17.6. The molecule has 0 aliphatic carbocycles. The van der Waals surface area contributed by atoms with Gasteiger partial charge in [-0.05, 0) is 11.6 Å². The molecular weight excluding hydrogens is 200 g/mol. The average molecular weight is 208 g/mol. The molecule has 0 bridgehead atoms. The normalized spacial score (nSPS) is 10.3. The molecule has 0 saturated heterocycles. The summed E-state index contributed by atoms with van der Waals surface area (Å²) in [5.41, 5.74) is 0.970. The van der Waals surface area contributed by atoms with Gasteiger partial charge in [0.25, 0.3) is 0 Å². The second-order valence-corrected chi connectivity index (χ2v) is 3.89. The van der Waals surface area contributed by atoms with E-state index in [4.69, 9.17) is 0 Å². The van der Waals surface area contributed by atoms with Crippen LogP contribution in [0.15, 0.2) is 29.3 Å². The topological polar surface area (TPSA) is 66.0 Å². The molecule has 14 heavy (non-hydrogen) atoms. The van der Waals surface area contributed by atoms with Gasteiger partial charge in [0.2, 0.25) is 5.88 Å². The maximum absolute atomic E-state index is 10.9. The number of thiazole rings is 1. The van der Waals surface area contributed by atoms with Gasteiger partial charge >= 0.3 is 4.87 Å². The maximum atomic E-state index is 10.9. The van der Waals surface area contributed by atoms with Crippen molar-refractivity contribution in [3.63, 3.8) is 0 Å². The van der Waals surface area contributed by atoms with Crippen molar-refractivity contribution in [1.29, 1.82) is 0 Å². The summed E-state index contributed by atoms with van der Waals surface area (Å²) in [6.45, 7) is 0. The van der Waals surface area contributed by atoms with Crippen molar-refractivity contribution >= 4 is 11.3 Å². The zero-order valence-corrected chi connectivity index (χ0v) is 8.04. The number of rotatable bonds is 2. The van der Waals surface area contributed by atoms with Crippen LogP contribution in [0, 0.1) is 0 Å². The summed E-state index contributed by atoms with van der Waals surface area (Å²) in [5.74, 6) is -0.0381. The minimum atomic E-state index is -0.235. The van der Waals surface area contributed by atoms with E-state index >= 15 is 0 Å². The van der Waals surface area contributed by atoms with Gasteiger partial charge in [0, 0.05) is 18.8 Å². The van der Waals surface area contributed by atoms with Crippen molar-refractivity contribution < 1.29 is 5.11 Å². The Bertz CT molecular complexity index is 475. The first-order chi connectivity index (χ1) is 6.75. The molecule has 0 amide bonds. The Balaban J connectivity index is 2.27. The van der Waals surface area contributed by atoms with Crippen molar-refractivity contribution in [2.75, 3.05) is 0 Å². The Hall–Kier alpha value is -1.62. The second kappa shape index (κ2) is 3.63. The van der Waals surface area contributed by atoms with E-state index in [1.165, 1.54) is 0 Å². The fourth-order valence-electron chi connectivity index (χ4n) is 1.16. The number of nitrogens with one attached hydrogen (secondary N) is 1. The SMILES string of the molecule is O=c1[nH]c(O)c(Cc2cccnc2)s1. The largest absolute Gasteiger partial charge is 0.494 e. The zero-order valence-electron chi connectivity index (χ0n) is 7.23. The molecule has 4 nitrogen and oxygen atoms in total. The summed E-state index contributed by atoms with van der Waals surface area (Å²) in [6.07, 6.45) is 3.93. The summed E-state index contributed by atoms with van der Waals surface area (Å²) >= 11 is 1.02. The Kier molecular flexibility index (Phi) is 2.32. The first-order valence-electron chi connectivity index (χ1n) is 4.05. The second-order valence-electron chi connectivity index (χ2n) is 2.82. The van der Waals surface area contributed by atoms with Crippen LogP contribution in [-0.4, -0.2) is 15.1 Å². The molecule has 0 aliphatic heterocycles. The first-order valence-corrected chi connectivity index (χ1v) is 4.87. The van der Waals surface area contributed by atoms with Crippen molar-refractivity contribution in [3.05, 3.63) is 44.6 Å². The van der Waals surface area contributed by atoms with Gasteiger partial charge in [0.1, 0.15) is 0 Å². The first kappa shape index (κ1) is 8.96. The highest BCUT2D eigenvalue weighted by Gasteiger charge is 2.06. The molecule has 2 N–H and O–H groups in total. The van der Waals surface area contributed by atoms with Gasteiger partial charge in [-0.15, -0.1) is 0 Å². The number of aromatic nitrogens is 2. The number of hydrogen-bond acceptors (Lipinski definition) is 4. The van der Waals surface area contributed by atoms with Crippen molar-refractivity contribution in [3.8, 4) is 5.88 Å². The molecule has 0 atom stereocenters. The lowest BCUT2D eigenvalue weighted by atomic mass is 10.2. The van der Waals surface area contributed by atoms with Gasteiger partial charge in [0.15, 0.2) is 0 Å². The molecular formula is C9H8N2O2S. The lowest BCUT2D eigenvalue weighted by Gasteiger charge is -1.96. The lowest BCUT2D eigenvalue weighted by Crippen LogP contribution is -1.89. The lowest BCUT2D eigenvalue weighted by molar-refractivity contribution is 0.451. The van der Waals surface area contributed by atoms with E-state index in [1.54, 1.807) is 12.4 Å². The van der Waals surface area contributed by atoms with Crippen LogP contribution in [-0.2, 0) is 6.42 Å². The van der Waals surface area contributed by atoms with Gasteiger partial charge < -0.3 is 5.11 Å². The van der Waals surface area contributed by atoms with E-state index < -0.39 is 0 Å². The van der Waals surface area contributed by atoms with Crippen LogP contribution in [0.3, 0.4) is 0 Å². The molecule has 0 aromatic carbocycles. The van der Waals surface area contributed by atoms with Gasteiger partial charge in [-0.1, -0.05) is 17.4 Å². The molecule has 0 unspecified atom stereocenters. The Labute approximate surface area is 83.9 Å². The highest BCUT2D eigenvalue weighted by Crippen LogP contribution is 2.19. The number of pyridine rings is 1. The van der Waals surface area contributed by atoms with Crippen LogP contribution in [0.4, 0.5) is 0 Å². The van der Waals surface area contributed by atoms with Gasteiger partial charge in [0.05, 0.1) is 4.88 Å². The maximum Gasteiger partial charge on any atom is 0.307 e. The zero-order chi connectivity index (χ0) is 9.97. The van der Waals surface area contributed by atoms with Gasteiger partial charge in [-0.25, -0.2) is 0 Å². The fraction of sp³-hybridized carbons (Fsp3) is 0.111. The molecule has 2 rings (SSSR count). The summed E-state index contributed by atoms with van der Waals surface area (Å²) in [6, 6.07) is 3.72. The summed E-state index contributed by atoms with van der Waals surface area (Å²) < 4.78 is 0. The summed E-state index contributed by atoms with van der Waals surface area (Å²) in [7, 11) is 0. The van der Waals surface area contributed by atoms with Gasteiger partial charge in [-0.3, -0.25) is 14.8 Å². The minimum Gasteiger partial charge on any atom is -0.494 e. The van der Waals surface area contributed by atoms with E-state index in [9.17, 15) is 9.90 Å². The molecule has 72 valence electrons. The molecule has 2 aromatic heterocycles. The fourth-order valence-corrected chi connectivity index (χ4v) is 1.92. The molecule has 0 spiro atoms. The van der Waals surface area contributed by atoms with E-state index in [2.05, 4.69) is 9.97 Å². The number of aromatic hydroxyl groups is 1. The quantitative estimate of drug-likeness (QED) is 0.777. The highest BCUT2D eigenvalue weighted by atomic mass is 32.1. The third-order valence-electron chi connectivity index (χ3n) is 1.79. The number of nitrogens with zero attached hydrogens (tertiary/aromatic N) is 1. The molecule has 0 saturated carbocycles. The summed E-state index contributed by atoms with van der Waals surface area (Å²) in [5, 5.41) is 9.33. The standard InChI is InChI=1S/C9H8N2O2S/c12-8-7(14-9(13)11-8)4-6-2-1-3-10-5-6/h1-3,5,12H,4H2,(H,11,13). The molecule has 5 heteroatoms. The predicted octanol–water partition coefficient (Wildman–Crippen LogP) is 1.13. The Morgan fingerprint density at radius 1 is 1.57 bits per heavy atom. The monoisotopic (exact) mass is 208 g/mol. The van der Waals surface area contributed by atoms with Crippen LogP contribution >= 0.6 is 11.3 Å². The minimum absolute atomic E-state index is 0.0381. The molecule has 0 aliphatic rings. The molecule has 2 aromatic rings. The Morgan fingerprint density at radius 2 is 2.43 bits per heavy atom. The van der Waals surface area contributed by atoms with E-state index in [1.807, 2.05) is 12.1 Å². The number of hydrogen-bond donors (Lipinski definition) is 2. The highest BCUT2D eigenvalue weighted by molar-refractivity contribution is 7.09.